The number of hydrogen-bond acceptors (Lipinski definition) is 3. The van der Waals surface area contributed by atoms with Crippen molar-refractivity contribution in [1.82, 2.24) is 15.1 Å². The smallest absolute Gasteiger partial charge is 0.123 e. The predicted octanol–water partition coefficient (Wildman–Crippen LogP) is 4.94. The summed E-state index contributed by atoms with van der Waals surface area (Å²) < 4.78 is 15.0. The maximum Gasteiger partial charge on any atom is 0.123 e. The molecule has 4 aromatic rings. The number of rotatable bonds is 5. The summed E-state index contributed by atoms with van der Waals surface area (Å²) in [6.45, 7) is 6.56. The van der Waals surface area contributed by atoms with Crippen LogP contribution in [0.15, 0.2) is 73.4 Å². The molecule has 1 aromatic heterocycles. The number of aryl methyl sites for hydroxylation is 1. The molecule has 0 radical (unpaired) electrons. The number of fused-ring (bicyclic) bond motifs is 1. The number of hydrogen-bond donors (Lipinski definition) is 2. The van der Waals surface area contributed by atoms with E-state index < -0.39 is 0 Å². The van der Waals surface area contributed by atoms with Gasteiger partial charge in [-0.25, -0.2) is 9.07 Å². The molecule has 0 atom stereocenters. The minimum atomic E-state index is -0.280. The number of halogens is 1. The minimum Gasteiger partial charge on any atom is -0.508 e. The molecule has 0 spiro atoms. The highest BCUT2D eigenvalue weighted by Crippen LogP contribution is 2.26. The van der Waals surface area contributed by atoms with Gasteiger partial charge in [-0.3, -0.25) is 0 Å². The summed E-state index contributed by atoms with van der Waals surface area (Å²) >= 11 is 0. The molecule has 2 N–H and O–H groups in total. The zero-order valence-electron chi connectivity index (χ0n) is 15.5. The molecule has 3 aromatic carbocycles. The fraction of sp³-hybridized carbons (Fsp3) is 0.0870. The van der Waals surface area contributed by atoms with Crippen molar-refractivity contribution in [2.24, 2.45) is 0 Å². The van der Waals surface area contributed by atoms with E-state index in [1.54, 1.807) is 29.1 Å². The van der Waals surface area contributed by atoms with E-state index in [-0.39, 0.29) is 11.6 Å². The Bertz CT molecular complexity index is 1160. The zero-order chi connectivity index (χ0) is 19.7. The highest BCUT2D eigenvalue weighted by molar-refractivity contribution is 5.91. The van der Waals surface area contributed by atoms with Gasteiger partial charge in [0.1, 0.15) is 11.6 Å². The van der Waals surface area contributed by atoms with Crippen LogP contribution >= 0.6 is 0 Å². The lowest BCUT2D eigenvalue weighted by Gasteiger charge is -2.12. The maximum atomic E-state index is 13.2. The molecule has 0 aliphatic rings. The lowest BCUT2D eigenvalue weighted by atomic mass is 10.1. The van der Waals surface area contributed by atoms with Gasteiger partial charge in [-0.2, -0.15) is 5.10 Å². The molecule has 0 fully saturated rings. The summed E-state index contributed by atoms with van der Waals surface area (Å²) in [5, 5.41) is 18.8. The van der Waals surface area contributed by atoms with Crippen molar-refractivity contribution in [2.45, 2.75) is 13.5 Å². The van der Waals surface area contributed by atoms with E-state index in [0.717, 1.165) is 39.0 Å². The lowest BCUT2D eigenvalue weighted by Crippen LogP contribution is -2.11. The van der Waals surface area contributed by atoms with Crippen LogP contribution in [0.1, 0.15) is 16.7 Å². The molecule has 28 heavy (non-hydrogen) atoms. The fourth-order valence-electron chi connectivity index (χ4n) is 3.22. The highest BCUT2D eigenvalue weighted by Gasteiger charge is 2.11. The number of phenols is 1. The monoisotopic (exact) mass is 373 g/mol. The number of nitrogens with zero attached hydrogens (tertiary/aromatic N) is 2. The molecular weight excluding hydrogens is 353 g/mol. The highest BCUT2D eigenvalue weighted by atomic mass is 19.1. The van der Waals surface area contributed by atoms with Gasteiger partial charge in [-0.15, -0.1) is 0 Å². The standard InChI is InChI=1S/C23H20FN3O/c1-15-6-7-17(23(28)12-15)13-25-16(2)20-4-3-5-22-21(20)14-26-27(22)19-10-8-18(24)9-11-19/h3-12,14,25,28H,2,13H2,1H3. The molecule has 0 bridgehead atoms. The third kappa shape index (κ3) is 3.34. The van der Waals surface area contributed by atoms with Crippen LogP contribution in [0.25, 0.3) is 22.3 Å². The zero-order valence-corrected chi connectivity index (χ0v) is 15.5. The Kier molecular flexibility index (Phi) is 4.57. The van der Waals surface area contributed by atoms with Gasteiger partial charge in [-0.05, 0) is 48.9 Å². The molecular formula is C23H20FN3O. The quantitative estimate of drug-likeness (QED) is 0.521. The summed E-state index contributed by atoms with van der Waals surface area (Å²) in [5.74, 6) is -0.0134. The van der Waals surface area contributed by atoms with Crippen molar-refractivity contribution < 1.29 is 9.50 Å². The molecule has 0 unspecified atom stereocenters. The molecule has 0 saturated heterocycles. The van der Waals surface area contributed by atoms with Gasteiger partial charge in [0.05, 0.1) is 17.4 Å². The first-order valence-electron chi connectivity index (χ1n) is 8.97. The first-order chi connectivity index (χ1) is 13.5. The van der Waals surface area contributed by atoms with Crippen LogP contribution in [0.5, 0.6) is 5.75 Å². The molecule has 0 amide bonds. The number of phenolic OH excluding ortho intramolecular Hbond substituents is 1. The molecule has 4 nitrogen and oxygen atoms in total. The molecule has 140 valence electrons. The third-order valence-electron chi connectivity index (χ3n) is 4.74. The number of nitrogens with one attached hydrogen (secondary N) is 1. The van der Waals surface area contributed by atoms with Crippen molar-refractivity contribution in [2.75, 3.05) is 0 Å². The molecule has 4 rings (SSSR count). The van der Waals surface area contributed by atoms with Gasteiger partial charge in [0.15, 0.2) is 0 Å². The van der Waals surface area contributed by atoms with Crippen LogP contribution in [0.4, 0.5) is 4.39 Å². The van der Waals surface area contributed by atoms with Crippen molar-refractivity contribution in [3.63, 3.8) is 0 Å². The van der Waals surface area contributed by atoms with Crippen LogP contribution in [0.3, 0.4) is 0 Å². The largest absolute Gasteiger partial charge is 0.508 e. The summed E-state index contributed by atoms with van der Waals surface area (Å²) in [7, 11) is 0. The van der Waals surface area contributed by atoms with E-state index in [4.69, 9.17) is 0 Å². The number of aromatic nitrogens is 2. The Labute approximate surface area is 162 Å². The third-order valence-corrected chi connectivity index (χ3v) is 4.74. The van der Waals surface area contributed by atoms with E-state index in [1.165, 1.54) is 12.1 Å². The second kappa shape index (κ2) is 7.19. The first kappa shape index (κ1) is 17.8. The second-order valence-corrected chi connectivity index (χ2v) is 6.74. The Hall–Kier alpha value is -3.60. The van der Waals surface area contributed by atoms with Gasteiger partial charge < -0.3 is 10.4 Å². The maximum absolute atomic E-state index is 13.2. The van der Waals surface area contributed by atoms with Gasteiger partial charge in [-0.1, -0.05) is 30.8 Å². The molecule has 0 aliphatic carbocycles. The van der Waals surface area contributed by atoms with E-state index in [9.17, 15) is 9.50 Å². The van der Waals surface area contributed by atoms with Gasteiger partial charge in [0, 0.05) is 28.8 Å². The Morgan fingerprint density at radius 3 is 2.68 bits per heavy atom. The van der Waals surface area contributed by atoms with Crippen LogP contribution < -0.4 is 5.32 Å². The first-order valence-corrected chi connectivity index (χ1v) is 8.97. The molecule has 5 heteroatoms. The average Bonchev–Trinajstić information content (AvgIpc) is 3.12. The van der Waals surface area contributed by atoms with Gasteiger partial charge in [0.25, 0.3) is 0 Å². The van der Waals surface area contributed by atoms with E-state index >= 15 is 0 Å². The molecule has 1 heterocycles. The summed E-state index contributed by atoms with van der Waals surface area (Å²) in [5.41, 5.74) is 5.18. The van der Waals surface area contributed by atoms with Gasteiger partial charge in [0.2, 0.25) is 0 Å². The lowest BCUT2D eigenvalue weighted by molar-refractivity contribution is 0.466. The predicted molar refractivity (Wildman–Crippen MR) is 110 cm³/mol. The van der Waals surface area contributed by atoms with Crippen LogP contribution in [0.2, 0.25) is 0 Å². The Morgan fingerprint density at radius 2 is 1.93 bits per heavy atom. The van der Waals surface area contributed by atoms with Crippen molar-refractivity contribution in [3.8, 4) is 11.4 Å². The van der Waals surface area contributed by atoms with Crippen LogP contribution in [-0.2, 0) is 6.54 Å². The minimum absolute atomic E-state index is 0.266. The van der Waals surface area contributed by atoms with E-state index in [0.29, 0.717) is 6.54 Å². The number of aromatic hydroxyl groups is 1. The van der Waals surface area contributed by atoms with Crippen LogP contribution in [0, 0.1) is 12.7 Å². The summed E-state index contributed by atoms with van der Waals surface area (Å²) in [6.07, 6.45) is 1.78. The topological polar surface area (TPSA) is 50.1 Å². The van der Waals surface area contributed by atoms with E-state index in [2.05, 4.69) is 17.0 Å². The molecule has 0 aliphatic heterocycles. The fourth-order valence-corrected chi connectivity index (χ4v) is 3.22. The SMILES string of the molecule is C=C(NCc1ccc(C)cc1O)c1cccc2c1cnn2-c1ccc(F)cc1. The van der Waals surface area contributed by atoms with Crippen LogP contribution in [-0.4, -0.2) is 14.9 Å². The average molecular weight is 373 g/mol. The van der Waals surface area contributed by atoms with Crippen molar-refractivity contribution in [3.05, 3.63) is 95.9 Å². The van der Waals surface area contributed by atoms with Crippen molar-refractivity contribution >= 4 is 16.6 Å². The number of benzene rings is 3. The van der Waals surface area contributed by atoms with E-state index in [1.807, 2.05) is 37.3 Å². The summed E-state index contributed by atoms with van der Waals surface area (Å²) in [4.78, 5) is 0. The Balaban J connectivity index is 1.62. The van der Waals surface area contributed by atoms with Crippen molar-refractivity contribution in [1.29, 1.82) is 0 Å². The normalized spacial score (nSPS) is 10.9. The summed E-state index contributed by atoms with van der Waals surface area (Å²) in [6, 6.07) is 17.7. The second-order valence-electron chi connectivity index (χ2n) is 6.74. The molecule has 0 saturated carbocycles. The van der Waals surface area contributed by atoms with Gasteiger partial charge >= 0.3 is 0 Å². The Morgan fingerprint density at radius 1 is 1.14 bits per heavy atom.